The van der Waals surface area contributed by atoms with E-state index in [1.54, 1.807) is 18.5 Å². The smallest absolute Gasteiger partial charge is 0.340 e. The molecule has 3 aromatic rings. The van der Waals surface area contributed by atoms with E-state index in [9.17, 15) is 14.4 Å². The number of methoxy groups -OCH3 is 1. The Balaban J connectivity index is 1.78. The number of carbonyl (C=O) groups is 1. The predicted octanol–water partition coefficient (Wildman–Crippen LogP) is 2.05. The second-order valence-corrected chi connectivity index (χ2v) is 9.01. The summed E-state index contributed by atoms with van der Waals surface area (Å²) < 4.78 is 15.0. The van der Waals surface area contributed by atoms with Gasteiger partial charge in [-0.25, -0.2) is 14.6 Å². The van der Waals surface area contributed by atoms with E-state index in [0.29, 0.717) is 5.56 Å². The minimum Gasteiger partial charge on any atom is -0.459 e. The number of imidazole rings is 1. The van der Waals surface area contributed by atoms with E-state index in [-0.39, 0.29) is 23.1 Å². The number of ether oxygens (including phenoxy) is 2. The van der Waals surface area contributed by atoms with E-state index in [0.717, 1.165) is 10.1 Å². The van der Waals surface area contributed by atoms with E-state index in [4.69, 9.17) is 9.47 Å². The normalized spacial score (nSPS) is 13.8. The SMILES string of the molecule is COC(C(=O)OC(C)Cn1cnc2c1c(=O)n(C)c(=O)n2C)c1ccc(C(C)(C)C)cc1. The minimum absolute atomic E-state index is 0.00421. The topological polar surface area (TPSA) is 97.3 Å². The number of esters is 1. The largest absolute Gasteiger partial charge is 0.459 e. The average molecular weight is 443 g/mol. The maximum absolute atomic E-state index is 12.8. The Morgan fingerprint density at radius 3 is 2.28 bits per heavy atom. The molecule has 0 N–H and O–H groups in total. The Morgan fingerprint density at radius 2 is 1.72 bits per heavy atom. The van der Waals surface area contributed by atoms with Crippen LogP contribution in [0.5, 0.6) is 0 Å². The van der Waals surface area contributed by atoms with Gasteiger partial charge in [0.05, 0.1) is 12.9 Å². The van der Waals surface area contributed by atoms with E-state index in [1.165, 1.54) is 25.1 Å². The van der Waals surface area contributed by atoms with Gasteiger partial charge in [-0.1, -0.05) is 45.0 Å². The highest BCUT2D eigenvalue weighted by molar-refractivity contribution is 5.77. The van der Waals surface area contributed by atoms with E-state index in [1.807, 2.05) is 24.3 Å². The summed E-state index contributed by atoms with van der Waals surface area (Å²) in [6, 6.07) is 7.70. The van der Waals surface area contributed by atoms with Crippen LogP contribution in [-0.4, -0.2) is 37.9 Å². The first-order valence-corrected chi connectivity index (χ1v) is 10.4. The zero-order valence-corrected chi connectivity index (χ0v) is 19.6. The lowest BCUT2D eigenvalue weighted by atomic mass is 9.86. The molecule has 3 rings (SSSR count). The molecule has 2 atom stereocenters. The highest BCUT2D eigenvalue weighted by atomic mass is 16.6. The van der Waals surface area contributed by atoms with Crippen LogP contribution in [0.1, 0.15) is 44.9 Å². The summed E-state index contributed by atoms with van der Waals surface area (Å²) in [5.41, 5.74) is 1.52. The molecule has 2 unspecified atom stereocenters. The van der Waals surface area contributed by atoms with Crippen molar-refractivity contribution in [1.82, 2.24) is 18.7 Å². The zero-order chi connectivity index (χ0) is 23.8. The Kier molecular flexibility index (Phi) is 6.41. The second kappa shape index (κ2) is 8.74. The molecule has 2 aromatic heterocycles. The molecule has 32 heavy (non-hydrogen) atoms. The average Bonchev–Trinajstić information content (AvgIpc) is 3.14. The van der Waals surface area contributed by atoms with Crippen LogP contribution in [0.15, 0.2) is 40.2 Å². The molecular weight excluding hydrogens is 412 g/mol. The number of hydrogen-bond acceptors (Lipinski definition) is 6. The Bertz CT molecular complexity index is 1240. The molecule has 0 bridgehead atoms. The predicted molar refractivity (Wildman–Crippen MR) is 121 cm³/mol. The monoisotopic (exact) mass is 442 g/mol. The zero-order valence-electron chi connectivity index (χ0n) is 19.6. The van der Waals surface area contributed by atoms with Crippen molar-refractivity contribution in [2.24, 2.45) is 14.1 Å². The molecule has 0 aliphatic heterocycles. The molecular formula is C23H30N4O5. The first-order chi connectivity index (χ1) is 15.0. The van der Waals surface area contributed by atoms with E-state index >= 15 is 0 Å². The number of hydrogen-bond donors (Lipinski definition) is 0. The summed E-state index contributed by atoms with van der Waals surface area (Å²) in [5.74, 6) is -0.520. The third-order valence-electron chi connectivity index (χ3n) is 5.52. The summed E-state index contributed by atoms with van der Waals surface area (Å²) in [6.07, 6.45) is 0.0440. The molecule has 0 fully saturated rings. The first-order valence-electron chi connectivity index (χ1n) is 10.4. The molecule has 9 heteroatoms. The first kappa shape index (κ1) is 23.5. The number of aryl methyl sites for hydroxylation is 1. The summed E-state index contributed by atoms with van der Waals surface area (Å²) in [4.78, 5) is 41.7. The highest BCUT2D eigenvalue weighted by Gasteiger charge is 2.25. The van der Waals surface area contributed by atoms with Gasteiger partial charge in [0.2, 0.25) is 0 Å². The van der Waals surface area contributed by atoms with Gasteiger partial charge >= 0.3 is 11.7 Å². The van der Waals surface area contributed by atoms with Gasteiger partial charge in [0.1, 0.15) is 6.10 Å². The van der Waals surface area contributed by atoms with Gasteiger partial charge in [-0.15, -0.1) is 0 Å². The summed E-state index contributed by atoms with van der Waals surface area (Å²) in [7, 11) is 4.43. The van der Waals surface area contributed by atoms with Crippen molar-refractivity contribution in [3.63, 3.8) is 0 Å². The van der Waals surface area contributed by atoms with Crippen molar-refractivity contribution in [3.8, 4) is 0 Å². The fraction of sp³-hybridized carbons (Fsp3) is 0.478. The summed E-state index contributed by atoms with van der Waals surface area (Å²) in [6.45, 7) is 8.30. The van der Waals surface area contributed by atoms with Gasteiger partial charge < -0.3 is 14.0 Å². The number of benzene rings is 1. The lowest BCUT2D eigenvalue weighted by molar-refractivity contribution is -0.161. The highest BCUT2D eigenvalue weighted by Crippen LogP contribution is 2.26. The third kappa shape index (κ3) is 4.38. The van der Waals surface area contributed by atoms with Gasteiger partial charge in [-0.2, -0.15) is 0 Å². The molecule has 0 amide bonds. The van der Waals surface area contributed by atoms with Gasteiger partial charge in [0, 0.05) is 21.2 Å². The molecule has 0 spiro atoms. The molecule has 0 aliphatic carbocycles. The fourth-order valence-electron chi connectivity index (χ4n) is 3.64. The maximum Gasteiger partial charge on any atom is 0.340 e. The lowest BCUT2D eigenvalue weighted by Crippen LogP contribution is -2.38. The van der Waals surface area contributed by atoms with Gasteiger partial charge in [-0.05, 0) is 23.5 Å². The second-order valence-electron chi connectivity index (χ2n) is 9.01. The van der Waals surface area contributed by atoms with Crippen molar-refractivity contribution in [3.05, 3.63) is 62.6 Å². The van der Waals surface area contributed by atoms with Crippen LogP contribution in [0.25, 0.3) is 11.2 Å². The quantitative estimate of drug-likeness (QED) is 0.542. The van der Waals surface area contributed by atoms with Crippen LogP contribution >= 0.6 is 0 Å². The molecule has 0 saturated carbocycles. The van der Waals surface area contributed by atoms with Crippen LogP contribution in [0.3, 0.4) is 0 Å². The molecule has 0 aliphatic rings. The Hall–Kier alpha value is -3.20. The molecule has 0 radical (unpaired) electrons. The number of carbonyl (C=O) groups excluding carboxylic acids is 1. The van der Waals surface area contributed by atoms with Crippen LogP contribution in [0.2, 0.25) is 0 Å². The molecule has 172 valence electrons. The van der Waals surface area contributed by atoms with Crippen molar-refractivity contribution < 1.29 is 14.3 Å². The fourth-order valence-corrected chi connectivity index (χ4v) is 3.64. The van der Waals surface area contributed by atoms with Gasteiger partial charge in [-0.3, -0.25) is 13.9 Å². The standard InChI is InChI=1S/C23H30N4O5/c1-14(12-27-13-24-19-17(27)20(28)26(6)22(30)25(19)5)32-21(29)18(31-7)15-8-10-16(11-9-15)23(2,3)4/h8-11,13-14,18H,12H2,1-7H3. The summed E-state index contributed by atoms with van der Waals surface area (Å²) >= 11 is 0. The van der Waals surface area contributed by atoms with Crippen molar-refractivity contribution in [1.29, 1.82) is 0 Å². The number of rotatable bonds is 6. The van der Waals surface area contributed by atoms with Crippen LogP contribution in [0.4, 0.5) is 0 Å². The van der Waals surface area contributed by atoms with Crippen molar-refractivity contribution in [2.45, 2.75) is 51.9 Å². The summed E-state index contributed by atoms with van der Waals surface area (Å²) in [5, 5.41) is 0. The maximum atomic E-state index is 12.8. The Morgan fingerprint density at radius 1 is 1.09 bits per heavy atom. The number of aromatic nitrogens is 4. The van der Waals surface area contributed by atoms with Crippen LogP contribution < -0.4 is 11.2 Å². The van der Waals surface area contributed by atoms with Crippen molar-refractivity contribution >= 4 is 17.1 Å². The number of nitrogens with zero attached hydrogens (tertiary/aromatic N) is 4. The van der Waals surface area contributed by atoms with Gasteiger partial charge in [0.25, 0.3) is 5.56 Å². The number of fused-ring (bicyclic) bond motifs is 1. The Labute approximate surface area is 186 Å². The minimum atomic E-state index is -0.861. The lowest BCUT2D eigenvalue weighted by Gasteiger charge is -2.22. The van der Waals surface area contributed by atoms with Crippen molar-refractivity contribution in [2.75, 3.05) is 7.11 Å². The van der Waals surface area contributed by atoms with Gasteiger partial charge in [0.15, 0.2) is 17.3 Å². The third-order valence-corrected chi connectivity index (χ3v) is 5.52. The molecule has 2 heterocycles. The van der Waals surface area contributed by atoms with Crippen LogP contribution in [0, 0.1) is 0 Å². The van der Waals surface area contributed by atoms with E-state index in [2.05, 4.69) is 25.8 Å². The molecule has 9 nitrogen and oxygen atoms in total. The molecule has 1 aromatic carbocycles. The molecule has 0 saturated heterocycles. The van der Waals surface area contributed by atoms with E-state index < -0.39 is 29.4 Å². The van der Waals surface area contributed by atoms with Crippen LogP contribution in [-0.2, 0) is 40.3 Å².